The van der Waals surface area contributed by atoms with Crippen LogP contribution in [-0.2, 0) is 4.74 Å². The van der Waals surface area contributed by atoms with E-state index in [2.05, 4.69) is 27.4 Å². The minimum Gasteiger partial charge on any atom is -0.496 e. The van der Waals surface area contributed by atoms with Crippen molar-refractivity contribution in [1.29, 1.82) is 0 Å². The van der Waals surface area contributed by atoms with E-state index in [1.165, 1.54) is 38.5 Å². The van der Waals surface area contributed by atoms with E-state index in [4.69, 9.17) is 4.74 Å². The number of halogens is 1. The van der Waals surface area contributed by atoms with Gasteiger partial charge in [-0.15, -0.1) is 0 Å². The molecule has 1 saturated heterocycles. The van der Waals surface area contributed by atoms with Gasteiger partial charge in [0.2, 0.25) is 0 Å². The molecule has 0 bridgehead atoms. The highest BCUT2D eigenvalue weighted by Crippen LogP contribution is 2.28. The fraction of sp³-hybridized carbons (Fsp3) is 0.905. The Kier molecular flexibility index (Phi) is 12.5. The molecule has 1 heterocycles. The molecule has 0 spiro atoms. The van der Waals surface area contributed by atoms with Crippen molar-refractivity contribution in [1.82, 2.24) is 0 Å². The van der Waals surface area contributed by atoms with Crippen LogP contribution >= 0.6 is 0 Å². The predicted octanol–water partition coefficient (Wildman–Crippen LogP) is 7.60. The molecule has 23 heavy (non-hydrogen) atoms. The molecule has 2 atom stereocenters. The van der Waals surface area contributed by atoms with Gasteiger partial charge in [0, 0.05) is 6.42 Å². The quantitative estimate of drug-likeness (QED) is 0.456. The number of alkyl halides is 1. The van der Waals surface area contributed by atoms with Gasteiger partial charge in [0.1, 0.15) is 5.67 Å². The summed E-state index contributed by atoms with van der Waals surface area (Å²) in [5.41, 5.74) is -1.01. The van der Waals surface area contributed by atoms with Crippen LogP contribution in [0.15, 0.2) is 12.3 Å². The molecule has 1 aliphatic rings. The van der Waals surface area contributed by atoms with Gasteiger partial charge in [-0.2, -0.15) is 0 Å². The van der Waals surface area contributed by atoms with Crippen LogP contribution in [-0.4, -0.2) is 11.8 Å². The number of unbranched alkanes of at least 4 members (excludes halogenated alkanes) is 2. The Hall–Kier alpha value is -0.530. The van der Waals surface area contributed by atoms with Crippen molar-refractivity contribution in [2.24, 2.45) is 5.92 Å². The minimum absolute atomic E-state index is 0.285. The average molecular weight is 329 g/mol. The van der Waals surface area contributed by atoms with Crippen LogP contribution in [0.25, 0.3) is 0 Å². The lowest BCUT2D eigenvalue weighted by Crippen LogP contribution is -2.14. The normalized spacial score (nSPS) is 23.0. The molecule has 2 heteroatoms. The third kappa shape index (κ3) is 14.8. The lowest BCUT2D eigenvalue weighted by atomic mass is 9.90. The summed E-state index contributed by atoms with van der Waals surface area (Å²) in [6.45, 7) is 13.8. The highest BCUT2D eigenvalue weighted by Gasteiger charge is 2.18. The second-order valence-electron chi connectivity index (χ2n) is 7.78. The van der Waals surface area contributed by atoms with Gasteiger partial charge in [0.05, 0.1) is 11.9 Å². The predicted molar refractivity (Wildman–Crippen MR) is 100 cm³/mol. The van der Waals surface area contributed by atoms with Gasteiger partial charge in [0.25, 0.3) is 0 Å². The first-order valence-corrected chi connectivity index (χ1v) is 9.81. The lowest BCUT2D eigenvalue weighted by molar-refractivity contribution is 0.103. The summed E-state index contributed by atoms with van der Waals surface area (Å²) in [5, 5.41) is 0. The number of hydrogen-bond donors (Lipinski definition) is 0. The zero-order chi connectivity index (χ0) is 17.7. The maximum absolute atomic E-state index is 13.4. The second kappa shape index (κ2) is 12.8. The van der Waals surface area contributed by atoms with Gasteiger partial charge in [-0.25, -0.2) is 4.39 Å². The summed E-state index contributed by atoms with van der Waals surface area (Å²) in [6, 6.07) is 0. The summed E-state index contributed by atoms with van der Waals surface area (Å²) in [7, 11) is 0. The van der Waals surface area contributed by atoms with Gasteiger partial charge in [-0.3, -0.25) is 0 Å². The van der Waals surface area contributed by atoms with Crippen molar-refractivity contribution in [3.05, 3.63) is 12.3 Å². The summed E-state index contributed by atoms with van der Waals surface area (Å²) in [5.74, 6) is 1.69. The first kappa shape index (κ1) is 22.5. The third-order valence-electron chi connectivity index (χ3n) is 4.48. The summed E-state index contributed by atoms with van der Waals surface area (Å²) < 4.78 is 19.2. The maximum atomic E-state index is 13.4. The monoisotopic (exact) mass is 328 g/mol. The minimum atomic E-state index is -1.01. The summed E-state index contributed by atoms with van der Waals surface area (Å²) in [6.07, 6.45) is 12.9. The summed E-state index contributed by atoms with van der Waals surface area (Å²) >= 11 is 0. The molecule has 0 aliphatic carbocycles. The molecule has 0 N–H and O–H groups in total. The zero-order valence-corrected chi connectivity index (χ0v) is 16.4. The molecule has 1 fully saturated rings. The molecule has 0 aromatic carbocycles. The number of ether oxygens (including phenoxy) is 1. The molecule has 1 aliphatic heterocycles. The van der Waals surface area contributed by atoms with E-state index in [-0.39, 0.29) is 6.10 Å². The summed E-state index contributed by atoms with van der Waals surface area (Å²) in [4.78, 5) is 0. The smallest absolute Gasteiger partial charge is 0.105 e. The van der Waals surface area contributed by atoms with Crippen molar-refractivity contribution in [2.45, 2.75) is 117 Å². The zero-order valence-electron chi connectivity index (χ0n) is 16.4. The van der Waals surface area contributed by atoms with Crippen LogP contribution in [0.1, 0.15) is 105 Å². The average Bonchev–Trinajstić information content (AvgIpc) is 2.53. The molecule has 0 aromatic rings. The van der Waals surface area contributed by atoms with Crippen molar-refractivity contribution in [3.8, 4) is 0 Å². The Bertz CT molecular complexity index is 291. The fourth-order valence-corrected chi connectivity index (χ4v) is 2.97. The molecular formula is C21H41FO. The molecular weight excluding hydrogens is 287 g/mol. The Labute approximate surface area is 145 Å². The molecule has 0 amide bonds. The first-order valence-electron chi connectivity index (χ1n) is 9.81. The van der Waals surface area contributed by atoms with Crippen LogP contribution in [0.2, 0.25) is 0 Å². The highest BCUT2D eigenvalue weighted by molar-refractivity contribution is 4.85. The van der Waals surface area contributed by atoms with Crippen LogP contribution in [0, 0.1) is 5.92 Å². The number of hydrogen-bond acceptors (Lipinski definition) is 1. The van der Waals surface area contributed by atoms with E-state index in [1.54, 1.807) is 13.8 Å². The van der Waals surface area contributed by atoms with E-state index in [0.717, 1.165) is 37.4 Å². The van der Waals surface area contributed by atoms with Gasteiger partial charge in [-0.1, -0.05) is 65.4 Å². The number of rotatable bonds is 6. The van der Waals surface area contributed by atoms with Crippen molar-refractivity contribution in [2.75, 3.05) is 0 Å². The van der Waals surface area contributed by atoms with E-state index >= 15 is 0 Å². The van der Waals surface area contributed by atoms with E-state index < -0.39 is 5.67 Å². The van der Waals surface area contributed by atoms with Crippen molar-refractivity contribution < 1.29 is 9.13 Å². The van der Waals surface area contributed by atoms with Crippen molar-refractivity contribution >= 4 is 0 Å². The Morgan fingerprint density at radius 3 is 2.39 bits per heavy atom. The highest BCUT2D eigenvalue weighted by atomic mass is 19.1. The Balaban J connectivity index is 0.00000108. The molecule has 0 aromatic heterocycles. The van der Waals surface area contributed by atoms with E-state index in [9.17, 15) is 4.39 Å². The standard InChI is InChI=1S/C17H31FO.C4H10/c1-14-9-5-6-10-16(13-15(2)19-14)11-7-8-12-17(3,4)18;1-3-4-2/h15-16H,1,5-13H2,2-4H3;3-4H2,1-2H3. The fourth-order valence-electron chi connectivity index (χ4n) is 2.97. The largest absolute Gasteiger partial charge is 0.496 e. The van der Waals surface area contributed by atoms with Gasteiger partial charge < -0.3 is 4.74 Å². The van der Waals surface area contributed by atoms with Crippen LogP contribution in [0.4, 0.5) is 4.39 Å². The van der Waals surface area contributed by atoms with E-state index in [0.29, 0.717) is 6.42 Å². The van der Waals surface area contributed by atoms with Crippen LogP contribution < -0.4 is 0 Å². The molecule has 0 radical (unpaired) electrons. The molecule has 1 nitrogen and oxygen atoms in total. The molecule has 0 saturated carbocycles. The second-order valence-corrected chi connectivity index (χ2v) is 7.78. The Morgan fingerprint density at radius 2 is 1.83 bits per heavy atom. The molecule has 1 rings (SSSR count). The molecule has 2 unspecified atom stereocenters. The van der Waals surface area contributed by atoms with Crippen LogP contribution in [0.3, 0.4) is 0 Å². The van der Waals surface area contributed by atoms with Gasteiger partial charge >= 0.3 is 0 Å². The van der Waals surface area contributed by atoms with Gasteiger partial charge in [-0.05, 0) is 46.0 Å². The first-order chi connectivity index (χ1) is 10.8. The SMILES string of the molecule is C=C1CCCCC(CCCCC(C)(C)F)CC(C)O1.CCCC. The van der Waals surface area contributed by atoms with Crippen molar-refractivity contribution in [3.63, 3.8) is 0 Å². The van der Waals surface area contributed by atoms with Crippen LogP contribution in [0.5, 0.6) is 0 Å². The molecule has 138 valence electrons. The van der Waals surface area contributed by atoms with Gasteiger partial charge in [0.15, 0.2) is 0 Å². The Morgan fingerprint density at radius 1 is 1.17 bits per heavy atom. The lowest BCUT2D eigenvalue weighted by Gasteiger charge is -2.21. The topological polar surface area (TPSA) is 9.23 Å². The van der Waals surface area contributed by atoms with E-state index in [1.807, 2.05) is 0 Å². The number of allylic oxidation sites excluding steroid dienone is 1. The third-order valence-corrected chi connectivity index (χ3v) is 4.48. The maximum Gasteiger partial charge on any atom is 0.105 e.